The Morgan fingerprint density at radius 1 is 1.42 bits per heavy atom. The molecule has 0 amide bonds. The average molecular weight is 164 g/mol. The second-order valence-corrected chi connectivity index (χ2v) is 2.51. The molecule has 0 aromatic rings. The van der Waals surface area contributed by atoms with E-state index >= 15 is 0 Å². The summed E-state index contributed by atoms with van der Waals surface area (Å²) in [5, 5.41) is 0. The zero-order chi connectivity index (χ0) is 8.55. The highest BCUT2D eigenvalue weighted by Gasteiger charge is 2.25. The smallest absolute Gasteiger partial charge is 0.317 e. The molecule has 0 spiro atoms. The Kier molecular flexibility index (Phi) is 1.49. The first kappa shape index (κ1) is 7.15. The van der Waals surface area contributed by atoms with Crippen LogP contribution < -0.4 is 0 Å². The zero-order valence-corrected chi connectivity index (χ0v) is 6.85. The number of hydrogen-bond donors (Lipinski definition) is 0. The minimum Gasteiger partial charge on any atom is -0.467 e. The van der Waals surface area contributed by atoms with Crippen molar-refractivity contribution < 1.29 is 4.74 Å². The van der Waals surface area contributed by atoms with Gasteiger partial charge in [0.05, 0.1) is 12.8 Å². The van der Waals surface area contributed by atoms with Gasteiger partial charge in [0.15, 0.2) is 5.84 Å². The Bertz CT molecular complexity index is 326. The lowest BCUT2D eigenvalue weighted by molar-refractivity contribution is 0.397. The van der Waals surface area contributed by atoms with Gasteiger partial charge in [-0.2, -0.15) is 4.99 Å². The van der Waals surface area contributed by atoms with Crippen molar-refractivity contribution in [2.45, 2.75) is 13.0 Å². The molecule has 0 saturated heterocycles. The van der Waals surface area contributed by atoms with Crippen LogP contribution in [0.15, 0.2) is 20.0 Å². The molecule has 0 aromatic carbocycles. The van der Waals surface area contributed by atoms with Crippen molar-refractivity contribution in [1.29, 1.82) is 0 Å². The van der Waals surface area contributed by atoms with Crippen LogP contribution in [0, 0.1) is 0 Å². The summed E-state index contributed by atoms with van der Waals surface area (Å²) in [6, 6.07) is 0.275. The average Bonchev–Trinajstić information content (AvgIpc) is 2.52. The number of ether oxygens (including phenoxy) is 1. The third kappa shape index (κ3) is 0.939. The van der Waals surface area contributed by atoms with Gasteiger partial charge in [-0.25, -0.2) is 9.98 Å². The summed E-state index contributed by atoms with van der Waals surface area (Å²) in [6.45, 7) is 1.89. The molecule has 1 unspecified atom stereocenters. The Labute approximate surface area is 69.6 Å². The number of hydrogen-bond acceptors (Lipinski definition) is 5. The molecule has 0 aliphatic carbocycles. The number of fused-ring (bicyclic) bond motifs is 1. The largest absolute Gasteiger partial charge is 0.467 e. The SMILES string of the molecule is COC1=NC2=NC=NC2C(C)=N1. The number of amidine groups is 2. The molecule has 62 valence electrons. The summed E-state index contributed by atoms with van der Waals surface area (Å²) in [7, 11) is 1.53. The molecule has 5 heteroatoms. The second-order valence-electron chi connectivity index (χ2n) is 2.51. The highest BCUT2D eigenvalue weighted by Crippen LogP contribution is 2.11. The van der Waals surface area contributed by atoms with E-state index in [1.165, 1.54) is 13.4 Å². The van der Waals surface area contributed by atoms with Crippen molar-refractivity contribution in [1.82, 2.24) is 0 Å². The van der Waals surface area contributed by atoms with Gasteiger partial charge >= 0.3 is 6.02 Å². The van der Waals surface area contributed by atoms with Crippen molar-refractivity contribution >= 4 is 23.9 Å². The van der Waals surface area contributed by atoms with E-state index in [0.29, 0.717) is 11.9 Å². The van der Waals surface area contributed by atoms with Gasteiger partial charge in [-0.3, -0.25) is 4.99 Å². The standard InChI is InChI=1S/C7H8N4O/c1-4-5-6(9-3-8-5)11-7(10-4)12-2/h3,5H,1-2H3. The van der Waals surface area contributed by atoms with Crippen molar-refractivity contribution in [3.05, 3.63) is 0 Å². The molecule has 2 heterocycles. The topological polar surface area (TPSA) is 58.7 Å². The van der Waals surface area contributed by atoms with E-state index in [-0.39, 0.29) is 6.04 Å². The molecule has 2 aliphatic rings. The lowest BCUT2D eigenvalue weighted by Gasteiger charge is -2.12. The van der Waals surface area contributed by atoms with Gasteiger partial charge in [-0.15, -0.1) is 0 Å². The van der Waals surface area contributed by atoms with E-state index in [1.54, 1.807) is 0 Å². The van der Waals surface area contributed by atoms with Crippen molar-refractivity contribution in [2.24, 2.45) is 20.0 Å². The number of nitrogens with zero attached hydrogens (tertiary/aromatic N) is 4. The Hall–Kier alpha value is -1.52. The maximum Gasteiger partial charge on any atom is 0.317 e. The van der Waals surface area contributed by atoms with Crippen LogP contribution in [0.1, 0.15) is 6.92 Å². The summed E-state index contributed by atoms with van der Waals surface area (Å²) >= 11 is 0. The molecular weight excluding hydrogens is 156 g/mol. The lowest BCUT2D eigenvalue weighted by Crippen LogP contribution is -2.28. The van der Waals surface area contributed by atoms with Crippen LogP contribution in [-0.2, 0) is 4.74 Å². The van der Waals surface area contributed by atoms with Gasteiger partial charge in [0, 0.05) is 0 Å². The van der Waals surface area contributed by atoms with E-state index in [0.717, 1.165) is 5.71 Å². The molecule has 2 rings (SSSR count). The van der Waals surface area contributed by atoms with Gasteiger partial charge in [0.2, 0.25) is 0 Å². The molecule has 0 saturated carbocycles. The number of aliphatic imine (C=N–C) groups is 4. The minimum absolute atomic E-state index is 0.0797. The van der Waals surface area contributed by atoms with Crippen molar-refractivity contribution in [3.63, 3.8) is 0 Å². The van der Waals surface area contributed by atoms with Crippen LogP contribution >= 0.6 is 0 Å². The zero-order valence-electron chi connectivity index (χ0n) is 6.85. The van der Waals surface area contributed by atoms with E-state index in [2.05, 4.69) is 20.0 Å². The fourth-order valence-electron chi connectivity index (χ4n) is 1.11. The summed E-state index contributed by atoms with van der Waals surface area (Å²) in [6.07, 6.45) is 1.50. The monoisotopic (exact) mass is 164 g/mol. The minimum atomic E-state index is -0.0797. The first-order chi connectivity index (χ1) is 5.81. The third-order valence-electron chi connectivity index (χ3n) is 1.71. The Morgan fingerprint density at radius 2 is 2.25 bits per heavy atom. The molecule has 0 fully saturated rings. The van der Waals surface area contributed by atoms with E-state index < -0.39 is 0 Å². The van der Waals surface area contributed by atoms with Crippen LogP contribution in [0.25, 0.3) is 0 Å². The van der Waals surface area contributed by atoms with Crippen LogP contribution in [0.5, 0.6) is 0 Å². The second kappa shape index (κ2) is 2.51. The van der Waals surface area contributed by atoms with Gasteiger partial charge in [-0.05, 0) is 6.92 Å². The summed E-state index contributed by atoms with van der Waals surface area (Å²) < 4.78 is 4.90. The predicted molar refractivity (Wildman–Crippen MR) is 47.3 cm³/mol. The van der Waals surface area contributed by atoms with Crippen LogP contribution in [0.2, 0.25) is 0 Å². The Balaban J connectivity index is 2.38. The molecule has 1 atom stereocenters. The molecule has 0 aromatic heterocycles. The number of methoxy groups -OCH3 is 1. The summed E-state index contributed by atoms with van der Waals surface area (Å²) in [5.74, 6) is 0.666. The molecule has 5 nitrogen and oxygen atoms in total. The highest BCUT2D eigenvalue weighted by molar-refractivity contribution is 6.21. The first-order valence-corrected chi connectivity index (χ1v) is 3.58. The number of rotatable bonds is 0. The van der Waals surface area contributed by atoms with Gasteiger partial charge in [-0.1, -0.05) is 0 Å². The molecular formula is C7H8N4O. The summed E-state index contributed by atoms with van der Waals surface area (Å²) in [4.78, 5) is 16.2. The molecule has 0 N–H and O–H groups in total. The van der Waals surface area contributed by atoms with Gasteiger partial charge in [0.1, 0.15) is 12.4 Å². The van der Waals surface area contributed by atoms with E-state index in [1.807, 2.05) is 6.92 Å². The predicted octanol–water partition coefficient (Wildman–Crippen LogP) is 0.272. The Morgan fingerprint density at radius 3 is 3.00 bits per heavy atom. The normalized spacial score (nSPS) is 25.8. The maximum absolute atomic E-state index is 4.90. The van der Waals surface area contributed by atoms with Crippen molar-refractivity contribution in [3.8, 4) is 0 Å². The molecule has 0 radical (unpaired) electrons. The van der Waals surface area contributed by atoms with Gasteiger partial charge < -0.3 is 4.74 Å². The molecule has 0 bridgehead atoms. The first-order valence-electron chi connectivity index (χ1n) is 3.58. The van der Waals surface area contributed by atoms with E-state index in [4.69, 9.17) is 4.74 Å². The molecule has 12 heavy (non-hydrogen) atoms. The van der Waals surface area contributed by atoms with Crippen molar-refractivity contribution in [2.75, 3.05) is 7.11 Å². The van der Waals surface area contributed by atoms with Crippen LogP contribution in [-0.4, -0.2) is 37.1 Å². The third-order valence-corrected chi connectivity index (χ3v) is 1.71. The fraction of sp³-hybridized carbons (Fsp3) is 0.429. The summed E-state index contributed by atoms with van der Waals surface area (Å²) in [5.41, 5.74) is 0.870. The molecule has 2 aliphatic heterocycles. The maximum atomic E-state index is 4.90. The van der Waals surface area contributed by atoms with E-state index in [9.17, 15) is 0 Å². The van der Waals surface area contributed by atoms with Gasteiger partial charge in [0.25, 0.3) is 0 Å². The highest BCUT2D eigenvalue weighted by atomic mass is 16.5. The van der Waals surface area contributed by atoms with Crippen LogP contribution in [0.4, 0.5) is 0 Å². The fourth-order valence-corrected chi connectivity index (χ4v) is 1.11. The van der Waals surface area contributed by atoms with Crippen LogP contribution in [0.3, 0.4) is 0 Å². The lowest BCUT2D eigenvalue weighted by atomic mass is 10.2. The quantitative estimate of drug-likeness (QED) is 0.507.